The van der Waals surface area contributed by atoms with Crippen molar-refractivity contribution in [2.45, 2.75) is 32.2 Å². The van der Waals surface area contributed by atoms with Crippen LogP contribution in [0.2, 0.25) is 0 Å². The average molecular weight is 255 g/mol. The highest BCUT2D eigenvalue weighted by molar-refractivity contribution is 5.31. The Morgan fingerprint density at radius 3 is 2.74 bits per heavy atom. The molecule has 3 rings (SSSR count). The number of aromatic nitrogens is 2. The summed E-state index contributed by atoms with van der Waals surface area (Å²) in [5, 5.41) is 8.12. The van der Waals surface area contributed by atoms with Crippen LogP contribution in [0.3, 0.4) is 0 Å². The van der Waals surface area contributed by atoms with Crippen molar-refractivity contribution in [1.82, 2.24) is 15.1 Å². The molecule has 0 saturated heterocycles. The highest BCUT2D eigenvalue weighted by atomic mass is 15.3. The normalized spacial score (nSPS) is 17.1. The Morgan fingerprint density at radius 2 is 2.11 bits per heavy atom. The van der Waals surface area contributed by atoms with Crippen LogP contribution in [-0.4, -0.2) is 16.3 Å². The van der Waals surface area contributed by atoms with E-state index in [-0.39, 0.29) is 0 Å². The summed E-state index contributed by atoms with van der Waals surface area (Å²) in [5.41, 5.74) is 2.44. The van der Waals surface area contributed by atoms with E-state index in [1.165, 1.54) is 24.8 Å². The summed E-state index contributed by atoms with van der Waals surface area (Å²) in [4.78, 5) is 0. The first-order chi connectivity index (χ1) is 9.38. The van der Waals surface area contributed by atoms with Crippen molar-refractivity contribution < 1.29 is 0 Å². The SMILES string of the molecule is CCNC(c1cnn(-c2ccccc2)c1)C1CCC1. The molecule has 1 aliphatic rings. The number of rotatable bonds is 5. The summed E-state index contributed by atoms with van der Waals surface area (Å²) in [6.45, 7) is 3.19. The zero-order valence-electron chi connectivity index (χ0n) is 11.4. The van der Waals surface area contributed by atoms with Crippen LogP contribution >= 0.6 is 0 Å². The van der Waals surface area contributed by atoms with E-state index in [4.69, 9.17) is 0 Å². The molecule has 0 amide bonds. The van der Waals surface area contributed by atoms with Gasteiger partial charge in [-0.2, -0.15) is 5.10 Å². The zero-order chi connectivity index (χ0) is 13.1. The van der Waals surface area contributed by atoms with Gasteiger partial charge in [0.1, 0.15) is 0 Å². The molecule has 0 bridgehead atoms. The van der Waals surface area contributed by atoms with Crippen molar-refractivity contribution in [3.8, 4) is 5.69 Å². The molecule has 1 aromatic carbocycles. The Labute approximate surface area is 114 Å². The van der Waals surface area contributed by atoms with Gasteiger partial charge in [-0.1, -0.05) is 31.5 Å². The molecule has 2 aromatic rings. The predicted molar refractivity (Wildman–Crippen MR) is 77.3 cm³/mol. The maximum absolute atomic E-state index is 4.51. The summed E-state index contributed by atoms with van der Waals surface area (Å²) >= 11 is 0. The number of para-hydroxylation sites is 1. The third-order valence-corrected chi connectivity index (χ3v) is 4.03. The lowest BCUT2D eigenvalue weighted by molar-refractivity contribution is 0.233. The van der Waals surface area contributed by atoms with Crippen molar-refractivity contribution in [1.29, 1.82) is 0 Å². The standard InChI is InChI=1S/C16H21N3/c1-2-17-16(13-7-6-8-13)14-11-18-19(12-14)15-9-4-3-5-10-15/h3-5,9-13,16-17H,2,6-8H2,1H3. The number of nitrogens with zero attached hydrogens (tertiary/aromatic N) is 2. The highest BCUT2D eigenvalue weighted by Crippen LogP contribution is 2.37. The quantitative estimate of drug-likeness (QED) is 0.888. The molecular formula is C16H21N3. The molecular weight excluding hydrogens is 234 g/mol. The van der Waals surface area contributed by atoms with Crippen LogP contribution in [0.4, 0.5) is 0 Å². The maximum Gasteiger partial charge on any atom is 0.0645 e. The lowest BCUT2D eigenvalue weighted by Gasteiger charge is -2.33. The third-order valence-electron chi connectivity index (χ3n) is 4.03. The minimum Gasteiger partial charge on any atom is -0.310 e. The van der Waals surface area contributed by atoms with Crippen LogP contribution in [0, 0.1) is 5.92 Å². The fourth-order valence-corrected chi connectivity index (χ4v) is 2.77. The van der Waals surface area contributed by atoms with Gasteiger partial charge in [0.25, 0.3) is 0 Å². The fraction of sp³-hybridized carbons (Fsp3) is 0.438. The first-order valence-corrected chi connectivity index (χ1v) is 7.22. The minimum absolute atomic E-state index is 0.469. The van der Waals surface area contributed by atoms with Crippen LogP contribution in [0.1, 0.15) is 37.8 Å². The van der Waals surface area contributed by atoms with Gasteiger partial charge in [-0.3, -0.25) is 0 Å². The summed E-state index contributed by atoms with van der Waals surface area (Å²) in [6.07, 6.45) is 8.24. The summed E-state index contributed by atoms with van der Waals surface area (Å²) in [7, 11) is 0. The molecule has 1 fully saturated rings. The topological polar surface area (TPSA) is 29.9 Å². The van der Waals surface area contributed by atoms with E-state index >= 15 is 0 Å². The Hall–Kier alpha value is -1.61. The fourth-order valence-electron chi connectivity index (χ4n) is 2.77. The Balaban J connectivity index is 1.82. The second-order valence-electron chi connectivity index (χ2n) is 5.28. The second kappa shape index (κ2) is 5.57. The van der Waals surface area contributed by atoms with Crippen LogP contribution < -0.4 is 5.32 Å². The molecule has 3 nitrogen and oxygen atoms in total. The van der Waals surface area contributed by atoms with Gasteiger partial charge in [0.15, 0.2) is 0 Å². The highest BCUT2D eigenvalue weighted by Gasteiger charge is 2.28. The molecule has 1 heterocycles. The van der Waals surface area contributed by atoms with E-state index in [1.54, 1.807) is 0 Å². The number of hydrogen-bond acceptors (Lipinski definition) is 2. The smallest absolute Gasteiger partial charge is 0.0645 e. The first-order valence-electron chi connectivity index (χ1n) is 7.22. The number of nitrogens with one attached hydrogen (secondary N) is 1. The minimum atomic E-state index is 0.469. The predicted octanol–water partition coefficient (Wildman–Crippen LogP) is 3.32. The van der Waals surface area contributed by atoms with Crippen LogP contribution in [0.25, 0.3) is 5.69 Å². The molecule has 3 heteroatoms. The van der Waals surface area contributed by atoms with E-state index < -0.39 is 0 Å². The van der Waals surface area contributed by atoms with E-state index in [0.29, 0.717) is 6.04 Å². The van der Waals surface area contributed by atoms with Crippen LogP contribution in [0.15, 0.2) is 42.7 Å². The first kappa shape index (κ1) is 12.4. The van der Waals surface area contributed by atoms with Crippen molar-refractivity contribution in [2.24, 2.45) is 5.92 Å². The molecule has 0 radical (unpaired) electrons. The molecule has 1 atom stereocenters. The summed E-state index contributed by atoms with van der Waals surface area (Å²) in [6, 6.07) is 10.8. The molecule has 0 spiro atoms. The van der Waals surface area contributed by atoms with Crippen molar-refractivity contribution >= 4 is 0 Å². The lowest BCUT2D eigenvalue weighted by Crippen LogP contribution is -2.31. The monoisotopic (exact) mass is 255 g/mol. The van der Waals surface area contributed by atoms with E-state index in [0.717, 1.165) is 18.2 Å². The second-order valence-corrected chi connectivity index (χ2v) is 5.28. The molecule has 0 aliphatic heterocycles. The Bertz CT molecular complexity index is 514. The molecule has 19 heavy (non-hydrogen) atoms. The van der Waals surface area contributed by atoms with E-state index in [9.17, 15) is 0 Å². The zero-order valence-corrected chi connectivity index (χ0v) is 11.4. The average Bonchev–Trinajstić information content (AvgIpc) is 2.86. The van der Waals surface area contributed by atoms with Crippen molar-refractivity contribution in [3.05, 3.63) is 48.3 Å². The van der Waals surface area contributed by atoms with Gasteiger partial charge in [0.2, 0.25) is 0 Å². The largest absolute Gasteiger partial charge is 0.310 e. The number of benzene rings is 1. The summed E-state index contributed by atoms with van der Waals surface area (Å²) in [5.74, 6) is 0.786. The van der Waals surface area contributed by atoms with Gasteiger partial charge in [0, 0.05) is 17.8 Å². The summed E-state index contributed by atoms with van der Waals surface area (Å²) < 4.78 is 1.97. The van der Waals surface area contributed by atoms with Crippen LogP contribution in [0.5, 0.6) is 0 Å². The van der Waals surface area contributed by atoms with E-state index in [2.05, 4.69) is 35.7 Å². The molecule has 1 N–H and O–H groups in total. The molecule has 1 aliphatic carbocycles. The maximum atomic E-state index is 4.51. The van der Waals surface area contributed by atoms with Gasteiger partial charge in [-0.15, -0.1) is 0 Å². The molecule has 1 saturated carbocycles. The third kappa shape index (κ3) is 2.56. The van der Waals surface area contributed by atoms with Crippen molar-refractivity contribution in [2.75, 3.05) is 6.54 Å². The van der Waals surface area contributed by atoms with Crippen LogP contribution in [-0.2, 0) is 0 Å². The van der Waals surface area contributed by atoms with Gasteiger partial charge < -0.3 is 5.32 Å². The van der Waals surface area contributed by atoms with Gasteiger partial charge in [-0.05, 0) is 37.4 Å². The number of hydrogen-bond donors (Lipinski definition) is 1. The van der Waals surface area contributed by atoms with Gasteiger partial charge in [0.05, 0.1) is 11.9 Å². The van der Waals surface area contributed by atoms with E-state index in [1.807, 2.05) is 29.1 Å². The van der Waals surface area contributed by atoms with Gasteiger partial charge in [-0.25, -0.2) is 4.68 Å². The molecule has 100 valence electrons. The van der Waals surface area contributed by atoms with Crippen molar-refractivity contribution in [3.63, 3.8) is 0 Å². The molecule has 1 aromatic heterocycles. The Kier molecular flexibility index (Phi) is 3.65. The Morgan fingerprint density at radius 1 is 1.32 bits per heavy atom. The van der Waals surface area contributed by atoms with Gasteiger partial charge >= 0.3 is 0 Å². The lowest BCUT2D eigenvalue weighted by atomic mass is 9.78. The molecule has 1 unspecified atom stereocenters.